The summed E-state index contributed by atoms with van der Waals surface area (Å²) in [6.07, 6.45) is 5.45. The number of aliphatic hydroxyl groups is 1. The Kier molecular flexibility index (Phi) is 5.73. The molecule has 1 aliphatic rings. The lowest BCUT2D eigenvalue weighted by molar-refractivity contribution is 0.214. The number of hydrogen-bond acceptors (Lipinski definition) is 3. The summed E-state index contributed by atoms with van der Waals surface area (Å²) in [5.74, 6) is 0. The van der Waals surface area contributed by atoms with E-state index in [1.54, 1.807) is 0 Å². The van der Waals surface area contributed by atoms with E-state index in [1.165, 1.54) is 6.42 Å². The molecular weight excluding hydrogens is 272 g/mol. The van der Waals surface area contributed by atoms with Gasteiger partial charge in [0.05, 0.1) is 12.6 Å². The van der Waals surface area contributed by atoms with Crippen LogP contribution < -0.4 is 10.6 Å². The van der Waals surface area contributed by atoms with Crippen LogP contribution in [0.15, 0.2) is 30.3 Å². The molecule has 1 fully saturated rings. The van der Waals surface area contributed by atoms with Crippen molar-refractivity contribution in [1.82, 2.24) is 10.6 Å². The highest BCUT2D eigenvalue weighted by atomic mass is 32.2. The maximum absolute atomic E-state index is 12.1. The molecule has 3 atom stereocenters. The van der Waals surface area contributed by atoms with Crippen molar-refractivity contribution in [3.63, 3.8) is 0 Å². The van der Waals surface area contributed by atoms with Crippen LogP contribution in [-0.4, -0.2) is 35.3 Å². The van der Waals surface area contributed by atoms with E-state index in [-0.39, 0.29) is 24.7 Å². The smallest absolute Gasteiger partial charge is 0.315 e. The van der Waals surface area contributed by atoms with Gasteiger partial charge in [0.1, 0.15) is 0 Å². The molecule has 0 aromatic heterocycles. The molecular formula is C15H22N2O2S. The van der Waals surface area contributed by atoms with Crippen molar-refractivity contribution < 1.29 is 9.90 Å². The third-order valence-electron chi connectivity index (χ3n) is 3.76. The van der Waals surface area contributed by atoms with E-state index < -0.39 is 0 Å². The Hall–Kier alpha value is -1.20. The number of amides is 2. The van der Waals surface area contributed by atoms with E-state index in [9.17, 15) is 9.90 Å². The van der Waals surface area contributed by atoms with Crippen LogP contribution in [0.4, 0.5) is 4.79 Å². The highest BCUT2D eigenvalue weighted by molar-refractivity contribution is 7.99. The number of hydrogen-bond donors (Lipinski definition) is 3. The Bertz CT molecular complexity index is 427. The van der Waals surface area contributed by atoms with Gasteiger partial charge in [-0.15, -0.1) is 0 Å². The number of carbonyl (C=O) groups is 1. The molecule has 3 N–H and O–H groups in total. The Morgan fingerprint density at radius 3 is 2.80 bits per heavy atom. The Balaban J connectivity index is 1.90. The van der Waals surface area contributed by atoms with Gasteiger partial charge in [-0.1, -0.05) is 36.8 Å². The minimum atomic E-state index is -0.356. The van der Waals surface area contributed by atoms with Crippen LogP contribution in [0.2, 0.25) is 0 Å². The lowest BCUT2D eigenvalue weighted by Gasteiger charge is -2.22. The third kappa shape index (κ3) is 3.90. The van der Waals surface area contributed by atoms with Gasteiger partial charge in [-0.2, -0.15) is 11.8 Å². The van der Waals surface area contributed by atoms with Crippen LogP contribution >= 0.6 is 11.8 Å². The zero-order valence-corrected chi connectivity index (χ0v) is 12.5. The first-order valence-corrected chi connectivity index (χ1v) is 8.29. The molecule has 0 aliphatic heterocycles. The Labute approximate surface area is 124 Å². The predicted molar refractivity (Wildman–Crippen MR) is 82.9 cm³/mol. The highest BCUT2D eigenvalue weighted by Gasteiger charge is 2.28. The first-order valence-electron chi connectivity index (χ1n) is 7.00. The van der Waals surface area contributed by atoms with Crippen LogP contribution in [0.25, 0.3) is 0 Å². The van der Waals surface area contributed by atoms with Crippen molar-refractivity contribution in [2.24, 2.45) is 0 Å². The molecule has 5 heteroatoms. The molecule has 0 heterocycles. The van der Waals surface area contributed by atoms with Gasteiger partial charge in [0.15, 0.2) is 0 Å². The largest absolute Gasteiger partial charge is 0.394 e. The predicted octanol–water partition coefficient (Wildman–Crippen LogP) is 2.30. The minimum Gasteiger partial charge on any atom is -0.394 e. The molecule has 4 nitrogen and oxygen atoms in total. The number of benzene rings is 1. The summed E-state index contributed by atoms with van der Waals surface area (Å²) in [5, 5.41) is 15.8. The Morgan fingerprint density at radius 1 is 1.40 bits per heavy atom. The van der Waals surface area contributed by atoms with E-state index in [0.29, 0.717) is 5.25 Å². The quantitative estimate of drug-likeness (QED) is 0.781. The summed E-state index contributed by atoms with van der Waals surface area (Å²) >= 11 is 1.81. The molecule has 2 amide bonds. The van der Waals surface area contributed by atoms with Crippen LogP contribution in [0, 0.1) is 0 Å². The summed E-state index contributed by atoms with van der Waals surface area (Å²) in [7, 11) is 0. The summed E-state index contributed by atoms with van der Waals surface area (Å²) in [5.41, 5.74) is 0.915. The van der Waals surface area contributed by atoms with E-state index in [1.807, 2.05) is 42.1 Å². The van der Waals surface area contributed by atoms with Gasteiger partial charge in [0.2, 0.25) is 0 Å². The van der Waals surface area contributed by atoms with Gasteiger partial charge in [-0.05, 0) is 24.7 Å². The second-order valence-electron chi connectivity index (χ2n) is 5.08. The molecule has 1 aromatic carbocycles. The standard InChI is InChI=1S/C15H22N2O2S/c1-20-14-9-5-8-12(14)16-15(19)17-13(10-18)11-6-3-2-4-7-11/h2-4,6-7,12-14,18H,5,8-10H2,1H3,(H2,16,17,19)/t12-,13-,14+/m0/s1. The topological polar surface area (TPSA) is 61.4 Å². The van der Waals surface area contributed by atoms with Crippen molar-refractivity contribution in [3.05, 3.63) is 35.9 Å². The molecule has 0 saturated heterocycles. The summed E-state index contributed by atoms with van der Waals surface area (Å²) in [4.78, 5) is 12.1. The number of carbonyl (C=O) groups excluding carboxylic acids is 1. The van der Waals surface area contributed by atoms with Crippen molar-refractivity contribution in [2.45, 2.75) is 36.6 Å². The monoisotopic (exact) mass is 294 g/mol. The van der Waals surface area contributed by atoms with Crippen molar-refractivity contribution in [3.8, 4) is 0 Å². The van der Waals surface area contributed by atoms with E-state index >= 15 is 0 Å². The van der Waals surface area contributed by atoms with Crippen LogP contribution in [0.1, 0.15) is 30.9 Å². The molecule has 110 valence electrons. The molecule has 0 spiro atoms. The number of aliphatic hydroxyl groups excluding tert-OH is 1. The lowest BCUT2D eigenvalue weighted by Crippen LogP contribution is -2.46. The fraction of sp³-hybridized carbons (Fsp3) is 0.533. The van der Waals surface area contributed by atoms with E-state index in [2.05, 4.69) is 16.9 Å². The first-order chi connectivity index (χ1) is 9.74. The van der Waals surface area contributed by atoms with Crippen molar-refractivity contribution >= 4 is 17.8 Å². The summed E-state index contributed by atoms with van der Waals surface area (Å²) in [6, 6.07) is 9.21. The molecule has 1 saturated carbocycles. The number of nitrogens with one attached hydrogen (secondary N) is 2. The zero-order valence-electron chi connectivity index (χ0n) is 11.7. The van der Waals surface area contributed by atoms with Gasteiger partial charge >= 0.3 is 6.03 Å². The van der Waals surface area contributed by atoms with Crippen LogP contribution in [0.3, 0.4) is 0 Å². The van der Waals surface area contributed by atoms with Gasteiger partial charge in [0, 0.05) is 11.3 Å². The second kappa shape index (κ2) is 7.55. The SMILES string of the molecule is CS[C@@H]1CCC[C@@H]1NC(=O)N[C@@H](CO)c1ccccc1. The van der Waals surface area contributed by atoms with Crippen molar-refractivity contribution in [2.75, 3.05) is 12.9 Å². The second-order valence-corrected chi connectivity index (χ2v) is 6.15. The molecule has 0 bridgehead atoms. The first kappa shape index (κ1) is 15.2. The van der Waals surface area contributed by atoms with Gasteiger partial charge < -0.3 is 15.7 Å². The summed E-state index contributed by atoms with van der Waals surface area (Å²) < 4.78 is 0. The maximum Gasteiger partial charge on any atom is 0.315 e. The number of rotatable bonds is 5. The van der Waals surface area contributed by atoms with Crippen molar-refractivity contribution in [1.29, 1.82) is 0 Å². The minimum absolute atomic E-state index is 0.103. The molecule has 1 aliphatic carbocycles. The third-order valence-corrected chi connectivity index (χ3v) is 4.93. The van der Waals surface area contributed by atoms with Gasteiger partial charge in [0.25, 0.3) is 0 Å². The average molecular weight is 294 g/mol. The number of thioether (sulfide) groups is 1. The fourth-order valence-electron chi connectivity index (χ4n) is 2.66. The molecule has 0 radical (unpaired) electrons. The van der Waals surface area contributed by atoms with Gasteiger partial charge in [-0.25, -0.2) is 4.79 Å². The van der Waals surface area contributed by atoms with E-state index in [0.717, 1.165) is 18.4 Å². The van der Waals surface area contributed by atoms with Crippen LogP contribution in [0.5, 0.6) is 0 Å². The van der Waals surface area contributed by atoms with Crippen LogP contribution in [-0.2, 0) is 0 Å². The molecule has 1 aromatic rings. The highest BCUT2D eigenvalue weighted by Crippen LogP contribution is 2.28. The normalized spacial score (nSPS) is 23.3. The van der Waals surface area contributed by atoms with Gasteiger partial charge in [-0.3, -0.25) is 0 Å². The van der Waals surface area contributed by atoms with E-state index in [4.69, 9.17) is 0 Å². The number of urea groups is 1. The fourth-order valence-corrected chi connectivity index (χ4v) is 3.60. The molecule has 2 rings (SSSR count). The maximum atomic E-state index is 12.1. The zero-order chi connectivity index (χ0) is 14.4. The molecule has 20 heavy (non-hydrogen) atoms. The molecule has 0 unspecified atom stereocenters. The Morgan fingerprint density at radius 2 is 2.15 bits per heavy atom. The average Bonchev–Trinajstić information content (AvgIpc) is 2.92. The summed E-state index contributed by atoms with van der Waals surface area (Å²) in [6.45, 7) is -0.103. The lowest BCUT2D eigenvalue weighted by atomic mass is 10.1.